The molecule has 0 aliphatic carbocycles. The van der Waals surface area contributed by atoms with Crippen molar-refractivity contribution < 1.29 is 18.8 Å². The minimum atomic E-state index is -0.225. The predicted octanol–water partition coefficient (Wildman–Crippen LogP) is 3.92. The largest absolute Gasteiger partial charge is 0.464 e. The van der Waals surface area contributed by atoms with Gasteiger partial charge in [-0.15, -0.1) is 0 Å². The highest BCUT2D eigenvalue weighted by molar-refractivity contribution is 5.93. The van der Waals surface area contributed by atoms with Crippen molar-refractivity contribution in [3.05, 3.63) is 42.7 Å². The summed E-state index contributed by atoms with van der Waals surface area (Å²) in [7, 11) is 0. The van der Waals surface area contributed by atoms with Crippen molar-refractivity contribution in [2.24, 2.45) is 5.92 Å². The zero-order valence-corrected chi connectivity index (χ0v) is 18.4. The first-order valence-corrected chi connectivity index (χ1v) is 11.6. The number of amides is 3. The number of nitrogens with zero attached hydrogens (tertiary/aromatic N) is 2. The van der Waals surface area contributed by atoms with Crippen LogP contribution in [0.15, 0.2) is 47.1 Å². The quantitative estimate of drug-likeness (QED) is 0.743. The van der Waals surface area contributed by atoms with Crippen molar-refractivity contribution in [3.8, 4) is 11.3 Å². The molecule has 0 spiro atoms. The molecule has 1 N–H and O–H groups in total. The van der Waals surface area contributed by atoms with E-state index in [1.807, 2.05) is 41.3 Å². The van der Waals surface area contributed by atoms with Crippen LogP contribution in [0.3, 0.4) is 0 Å². The Bertz CT molecular complexity index is 923. The van der Waals surface area contributed by atoms with E-state index < -0.39 is 0 Å². The smallest absolute Gasteiger partial charge is 0.229 e. The van der Waals surface area contributed by atoms with Gasteiger partial charge in [0.2, 0.25) is 17.7 Å². The fourth-order valence-electron chi connectivity index (χ4n) is 4.49. The zero-order valence-electron chi connectivity index (χ0n) is 18.4. The average Bonchev–Trinajstić information content (AvgIpc) is 3.28. The number of hydrogen-bond donors (Lipinski definition) is 1. The third-order valence-electron chi connectivity index (χ3n) is 6.37. The van der Waals surface area contributed by atoms with E-state index in [1.54, 1.807) is 11.2 Å². The molecule has 7 nitrogen and oxygen atoms in total. The maximum absolute atomic E-state index is 12.8. The van der Waals surface area contributed by atoms with Gasteiger partial charge in [0.05, 0.1) is 12.2 Å². The molecular formula is C25H31N3O4. The van der Waals surface area contributed by atoms with E-state index in [-0.39, 0.29) is 23.6 Å². The Labute approximate surface area is 188 Å². The molecule has 2 saturated heterocycles. The second-order valence-electron chi connectivity index (χ2n) is 8.66. The Morgan fingerprint density at radius 3 is 2.66 bits per heavy atom. The molecule has 0 radical (unpaired) electrons. The fraction of sp³-hybridized carbons (Fsp3) is 0.480. The molecular weight excluding hydrogens is 406 g/mol. The third kappa shape index (κ3) is 5.58. The van der Waals surface area contributed by atoms with Gasteiger partial charge in [-0.2, -0.15) is 0 Å². The summed E-state index contributed by atoms with van der Waals surface area (Å²) in [4.78, 5) is 41.3. The highest BCUT2D eigenvalue weighted by atomic mass is 16.3. The van der Waals surface area contributed by atoms with Crippen molar-refractivity contribution in [2.75, 3.05) is 31.5 Å². The summed E-state index contributed by atoms with van der Waals surface area (Å²) in [5.74, 6) is 0.686. The van der Waals surface area contributed by atoms with Crippen LogP contribution in [0.25, 0.3) is 11.3 Å². The Balaban J connectivity index is 1.27. The number of anilines is 1. The van der Waals surface area contributed by atoms with Gasteiger partial charge >= 0.3 is 0 Å². The molecule has 7 heteroatoms. The van der Waals surface area contributed by atoms with Gasteiger partial charge in [-0.25, -0.2) is 0 Å². The summed E-state index contributed by atoms with van der Waals surface area (Å²) in [6, 6.07) is 11.3. The third-order valence-corrected chi connectivity index (χ3v) is 6.37. The summed E-state index contributed by atoms with van der Waals surface area (Å²) in [6.07, 6.45) is 7.15. The van der Waals surface area contributed by atoms with Crippen molar-refractivity contribution in [1.82, 2.24) is 9.80 Å². The monoisotopic (exact) mass is 437 g/mol. The van der Waals surface area contributed by atoms with Gasteiger partial charge in [0.1, 0.15) is 5.76 Å². The molecule has 1 aromatic carbocycles. The summed E-state index contributed by atoms with van der Waals surface area (Å²) in [5.41, 5.74) is 1.68. The average molecular weight is 438 g/mol. The molecule has 2 fully saturated rings. The molecule has 2 aromatic rings. The SMILES string of the molecule is O=C(Nc1ccc(-c2ccco2)cc1)C1CCCN(C(=O)CCN2CCCCCC2=O)C1. The van der Waals surface area contributed by atoms with E-state index >= 15 is 0 Å². The normalized spacial score (nSPS) is 19.5. The number of hydrogen-bond acceptors (Lipinski definition) is 4. The maximum atomic E-state index is 12.8. The molecule has 0 saturated carbocycles. The maximum Gasteiger partial charge on any atom is 0.229 e. The van der Waals surface area contributed by atoms with E-state index in [4.69, 9.17) is 4.42 Å². The van der Waals surface area contributed by atoms with Crippen LogP contribution >= 0.6 is 0 Å². The van der Waals surface area contributed by atoms with E-state index in [9.17, 15) is 14.4 Å². The van der Waals surface area contributed by atoms with Crippen molar-refractivity contribution in [3.63, 3.8) is 0 Å². The fourth-order valence-corrected chi connectivity index (χ4v) is 4.49. The van der Waals surface area contributed by atoms with Gasteiger partial charge < -0.3 is 19.5 Å². The standard InChI is InChI=1S/C25H31N3O4/c29-23-8-2-1-3-14-27(23)16-13-24(30)28-15-4-6-20(18-28)25(31)26-21-11-9-19(10-12-21)22-7-5-17-32-22/h5,7,9-12,17,20H,1-4,6,8,13-16,18H2,(H,26,31). The second-order valence-corrected chi connectivity index (χ2v) is 8.66. The zero-order chi connectivity index (χ0) is 22.3. The van der Waals surface area contributed by atoms with E-state index in [0.29, 0.717) is 32.5 Å². The summed E-state index contributed by atoms with van der Waals surface area (Å²) >= 11 is 0. The van der Waals surface area contributed by atoms with Crippen LogP contribution in [-0.2, 0) is 14.4 Å². The van der Waals surface area contributed by atoms with Gasteiger partial charge in [0, 0.05) is 50.3 Å². The van der Waals surface area contributed by atoms with Crippen molar-refractivity contribution in [1.29, 1.82) is 0 Å². The lowest BCUT2D eigenvalue weighted by atomic mass is 9.96. The van der Waals surface area contributed by atoms with Gasteiger partial charge in [-0.05, 0) is 62.1 Å². The molecule has 4 rings (SSSR count). The molecule has 2 aliphatic rings. The van der Waals surface area contributed by atoms with Crippen LogP contribution < -0.4 is 5.32 Å². The van der Waals surface area contributed by atoms with Crippen LogP contribution in [0, 0.1) is 5.92 Å². The van der Waals surface area contributed by atoms with Crippen molar-refractivity contribution >= 4 is 23.4 Å². The molecule has 32 heavy (non-hydrogen) atoms. The van der Waals surface area contributed by atoms with E-state index in [0.717, 1.165) is 55.7 Å². The molecule has 1 atom stereocenters. The molecule has 1 unspecified atom stereocenters. The molecule has 170 valence electrons. The number of benzene rings is 1. The lowest BCUT2D eigenvalue weighted by molar-refractivity contribution is -0.136. The number of carbonyl (C=O) groups excluding carboxylic acids is 3. The summed E-state index contributed by atoms with van der Waals surface area (Å²) in [6.45, 7) is 2.33. The first-order valence-electron chi connectivity index (χ1n) is 11.6. The summed E-state index contributed by atoms with van der Waals surface area (Å²) in [5, 5.41) is 2.98. The summed E-state index contributed by atoms with van der Waals surface area (Å²) < 4.78 is 5.39. The Morgan fingerprint density at radius 2 is 1.88 bits per heavy atom. The molecule has 0 bridgehead atoms. The Hall–Kier alpha value is -3.09. The number of furan rings is 1. The van der Waals surface area contributed by atoms with Gasteiger partial charge in [-0.3, -0.25) is 14.4 Å². The number of rotatable bonds is 6. The Morgan fingerprint density at radius 1 is 1.03 bits per heavy atom. The highest BCUT2D eigenvalue weighted by Gasteiger charge is 2.29. The van der Waals surface area contributed by atoms with Crippen LogP contribution in [-0.4, -0.2) is 53.7 Å². The first-order chi connectivity index (χ1) is 15.6. The number of carbonyl (C=O) groups is 3. The molecule has 1 aromatic heterocycles. The molecule has 3 amide bonds. The van der Waals surface area contributed by atoms with Crippen LogP contribution in [0.2, 0.25) is 0 Å². The van der Waals surface area contributed by atoms with Crippen molar-refractivity contribution in [2.45, 2.75) is 44.9 Å². The first kappa shape index (κ1) is 22.1. The lowest BCUT2D eigenvalue weighted by Gasteiger charge is -2.32. The van der Waals surface area contributed by atoms with E-state index in [2.05, 4.69) is 5.32 Å². The lowest BCUT2D eigenvalue weighted by Crippen LogP contribution is -2.45. The number of likely N-dealkylation sites (tertiary alicyclic amines) is 2. The molecule has 3 heterocycles. The van der Waals surface area contributed by atoms with Crippen LogP contribution in [0.1, 0.15) is 44.9 Å². The highest BCUT2D eigenvalue weighted by Crippen LogP contribution is 2.23. The topological polar surface area (TPSA) is 82.9 Å². The van der Waals surface area contributed by atoms with Gasteiger partial charge in [0.25, 0.3) is 0 Å². The second kappa shape index (κ2) is 10.5. The molecule has 2 aliphatic heterocycles. The number of nitrogens with one attached hydrogen (secondary N) is 1. The van der Waals surface area contributed by atoms with Gasteiger partial charge in [-0.1, -0.05) is 6.42 Å². The minimum Gasteiger partial charge on any atom is -0.464 e. The van der Waals surface area contributed by atoms with E-state index in [1.165, 1.54) is 0 Å². The Kier molecular flexibility index (Phi) is 7.24. The van der Waals surface area contributed by atoms with Gasteiger partial charge in [0.15, 0.2) is 0 Å². The predicted molar refractivity (Wildman–Crippen MR) is 122 cm³/mol. The van der Waals surface area contributed by atoms with Crippen LogP contribution in [0.4, 0.5) is 5.69 Å². The number of piperidine rings is 1. The minimum absolute atomic E-state index is 0.0300. The van der Waals surface area contributed by atoms with Crippen LogP contribution in [0.5, 0.6) is 0 Å².